The zero-order valence-corrected chi connectivity index (χ0v) is 20.4. The van der Waals surface area contributed by atoms with Gasteiger partial charge in [0, 0.05) is 6.54 Å². The predicted molar refractivity (Wildman–Crippen MR) is 130 cm³/mol. The summed E-state index contributed by atoms with van der Waals surface area (Å²) >= 11 is 1.15. The number of nitrogens with zero attached hydrogens (tertiary/aromatic N) is 2. The van der Waals surface area contributed by atoms with E-state index >= 15 is 0 Å². The van der Waals surface area contributed by atoms with Crippen LogP contribution in [0.2, 0.25) is 0 Å². The second kappa shape index (κ2) is 9.36. The molecule has 1 atom stereocenters. The highest BCUT2D eigenvalue weighted by atomic mass is 32.2. The van der Waals surface area contributed by atoms with Crippen molar-refractivity contribution in [3.8, 4) is 0 Å². The highest BCUT2D eigenvalue weighted by Gasteiger charge is 2.51. The average molecular weight is 485 g/mol. The number of carboxylic acids is 1. The molecule has 0 unspecified atom stereocenters. The van der Waals surface area contributed by atoms with Crippen LogP contribution in [0.1, 0.15) is 68.6 Å². The van der Waals surface area contributed by atoms with Gasteiger partial charge in [-0.05, 0) is 99.3 Å². The van der Waals surface area contributed by atoms with Crippen LogP contribution in [0.15, 0.2) is 29.3 Å². The van der Waals surface area contributed by atoms with Crippen LogP contribution in [0.3, 0.4) is 0 Å². The first-order valence-electron chi connectivity index (χ1n) is 12.4. The fraction of sp³-hybridized carbons (Fsp3) is 0.615. The van der Waals surface area contributed by atoms with E-state index in [-0.39, 0.29) is 12.3 Å². The van der Waals surface area contributed by atoms with Crippen LogP contribution in [0.4, 0.5) is 5.69 Å². The molecular weight excluding hydrogens is 452 g/mol. The lowest BCUT2D eigenvalue weighted by Gasteiger charge is -2.57. The Kier molecular flexibility index (Phi) is 6.44. The zero-order chi connectivity index (χ0) is 23.9. The molecular formula is C26H32N2O5S. The van der Waals surface area contributed by atoms with Gasteiger partial charge in [0.2, 0.25) is 5.91 Å². The maximum Gasteiger partial charge on any atom is 0.338 e. The zero-order valence-electron chi connectivity index (χ0n) is 19.6. The molecule has 0 aromatic heterocycles. The molecule has 1 aromatic carbocycles. The molecule has 4 aliphatic carbocycles. The van der Waals surface area contributed by atoms with E-state index in [2.05, 4.69) is 4.99 Å². The summed E-state index contributed by atoms with van der Waals surface area (Å²) in [4.78, 5) is 43.0. The van der Waals surface area contributed by atoms with E-state index in [1.807, 2.05) is 0 Å². The quantitative estimate of drug-likeness (QED) is 0.555. The number of benzene rings is 1. The van der Waals surface area contributed by atoms with Crippen LogP contribution in [0, 0.1) is 23.2 Å². The van der Waals surface area contributed by atoms with E-state index in [9.17, 15) is 19.5 Å². The van der Waals surface area contributed by atoms with Gasteiger partial charge in [-0.3, -0.25) is 14.5 Å². The third-order valence-corrected chi connectivity index (χ3v) is 9.22. The van der Waals surface area contributed by atoms with Crippen molar-refractivity contribution < 1.29 is 24.2 Å². The van der Waals surface area contributed by atoms with Crippen LogP contribution in [0.25, 0.3) is 0 Å². The molecule has 34 heavy (non-hydrogen) atoms. The van der Waals surface area contributed by atoms with Crippen LogP contribution in [-0.2, 0) is 14.3 Å². The van der Waals surface area contributed by atoms with Gasteiger partial charge in [-0.1, -0.05) is 11.8 Å². The van der Waals surface area contributed by atoms with Gasteiger partial charge in [0.05, 0.1) is 24.3 Å². The van der Waals surface area contributed by atoms with Gasteiger partial charge in [-0.15, -0.1) is 0 Å². The van der Waals surface area contributed by atoms with E-state index in [0.717, 1.165) is 35.9 Å². The van der Waals surface area contributed by atoms with Crippen molar-refractivity contribution in [3.63, 3.8) is 0 Å². The lowest BCUT2D eigenvalue weighted by molar-refractivity contribution is -0.139. The monoisotopic (exact) mass is 484 g/mol. The molecule has 7 nitrogen and oxygen atoms in total. The Morgan fingerprint density at radius 1 is 1.12 bits per heavy atom. The van der Waals surface area contributed by atoms with Gasteiger partial charge >= 0.3 is 11.9 Å². The van der Waals surface area contributed by atoms with Gasteiger partial charge < -0.3 is 9.84 Å². The van der Waals surface area contributed by atoms with Crippen LogP contribution < -0.4 is 0 Å². The Morgan fingerprint density at radius 2 is 1.74 bits per heavy atom. The topological polar surface area (TPSA) is 96.3 Å². The highest BCUT2D eigenvalue weighted by molar-refractivity contribution is 8.15. The second-order valence-electron chi connectivity index (χ2n) is 10.5. The third-order valence-electron chi connectivity index (χ3n) is 8.05. The first-order chi connectivity index (χ1) is 16.3. The number of esters is 1. The summed E-state index contributed by atoms with van der Waals surface area (Å²) in [6.45, 7) is 2.65. The van der Waals surface area contributed by atoms with Gasteiger partial charge in [0.15, 0.2) is 5.17 Å². The number of carboxylic acid groups (broad SMARTS) is 1. The summed E-state index contributed by atoms with van der Waals surface area (Å²) in [5.41, 5.74) is 1.34. The number of aliphatic carboxylic acids is 1. The summed E-state index contributed by atoms with van der Waals surface area (Å²) in [6, 6.07) is 6.68. The number of ether oxygens (including phenoxy) is 1. The van der Waals surface area contributed by atoms with Crippen molar-refractivity contribution in [1.82, 2.24) is 4.90 Å². The molecule has 1 N–H and O–H groups in total. The van der Waals surface area contributed by atoms with Crippen molar-refractivity contribution in [1.29, 1.82) is 0 Å². The third kappa shape index (κ3) is 4.74. The highest BCUT2D eigenvalue weighted by Crippen LogP contribution is 2.61. The Morgan fingerprint density at radius 3 is 2.29 bits per heavy atom. The Balaban J connectivity index is 1.35. The van der Waals surface area contributed by atoms with Gasteiger partial charge in [0.1, 0.15) is 5.25 Å². The number of hydrogen-bond donors (Lipinski definition) is 1. The van der Waals surface area contributed by atoms with Crippen molar-refractivity contribution in [3.05, 3.63) is 29.8 Å². The molecule has 1 aromatic rings. The van der Waals surface area contributed by atoms with Gasteiger partial charge in [-0.2, -0.15) is 0 Å². The number of carbonyl (C=O) groups is 3. The molecule has 182 valence electrons. The molecule has 8 heteroatoms. The molecule has 1 heterocycles. The van der Waals surface area contributed by atoms with E-state index in [4.69, 9.17) is 4.74 Å². The Hall–Kier alpha value is -2.35. The minimum Gasteiger partial charge on any atom is -0.480 e. The molecule has 0 spiro atoms. The summed E-state index contributed by atoms with van der Waals surface area (Å²) in [5.74, 6) is 0.981. The number of amidine groups is 1. The molecule has 1 amide bonds. The number of aliphatic imine (C=N–C) groups is 1. The first-order valence-corrected chi connectivity index (χ1v) is 13.3. The minimum atomic E-state index is -0.996. The standard InChI is InChI=1S/C26H32N2O5S/c1-2-33-24(32)19-3-5-20(6-4-19)27-25-28(22(29)12-21(34-25)23(30)31)8-7-26-13-16-9-17(14-26)11-18(10-16)15-26/h3-6,16-18,21H,2,7-15H2,1H3,(H,30,31)/t16?,17?,18?,21-,26?/m0/s1. The normalized spacial score (nSPS) is 33.4. The summed E-state index contributed by atoms with van der Waals surface area (Å²) in [7, 11) is 0. The van der Waals surface area contributed by atoms with Crippen molar-refractivity contribution in [2.24, 2.45) is 28.2 Å². The van der Waals surface area contributed by atoms with Crippen LogP contribution in [0.5, 0.6) is 0 Å². The van der Waals surface area contributed by atoms with Gasteiger partial charge in [-0.25, -0.2) is 9.79 Å². The molecule has 0 radical (unpaired) electrons. The fourth-order valence-electron chi connectivity index (χ4n) is 6.99. The molecule has 1 saturated heterocycles. The number of thioether (sulfide) groups is 1. The average Bonchev–Trinajstić information content (AvgIpc) is 2.78. The van der Waals surface area contributed by atoms with E-state index in [1.165, 1.54) is 38.5 Å². The largest absolute Gasteiger partial charge is 0.480 e. The summed E-state index contributed by atoms with van der Waals surface area (Å²) < 4.78 is 5.02. The van der Waals surface area contributed by atoms with E-state index in [1.54, 1.807) is 36.1 Å². The van der Waals surface area contributed by atoms with E-state index in [0.29, 0.717) is 35.0 Å². The van der Waals surface area contributed by atoms with Crippen molar-refractivity contribution >= 4 is 40.5 Å². The smallest absolute Gasteiger partial charge is 0.338 e. The molecule has 5 aliphatic rings. The fourth-order valence-corrected chi connectivity index (χ4v) is 8.05. The number of rotatable bonds is 7. The maximum absolute atomic E-state index is 13.0. The van der Waals surface area contributed by atoms with Crippen LogP contribution in [-0.4, -0.2) is 51.4 Å². The lowest BCUT2D eigenvalue weighted by Crippen LogP contribution is -2.49. The predicted octanol–water partition coefficient (Wildman–Crippen LogP) is 4.88. The minimum absolute atomic E-state index is 0.0122. The Labute approximate surface area is 204 Å². The van der Waals surface area contributed by atoms with Gasteiger partial charge in [0.25, 0.3) is 0 Å². The number of amides is 1. The maximum atomic E-state index is 13.0. The second-order valence-corrected chi connectivity index (χ2v) is 11.7. The summed E-state index contributed by atoms with van der Waals surface area (Å²) in [5, 5.41) is 9.17. The molecule has 1 aliphatic heterocycles. The number of hydrogen-bond acceptors (Lipinski definition) is 6. The Bertz CT molecular complexity index is 970. The van der Waals surface area contributed by atoms with E-state index < -0.39 is 17.2 Å². The number of carbonyl (C=O) groups excluding carboxylic acids is 2. The SMILES string of the molecule is CCOC(=O)c1ccc(N=C2S[C@H](C(=O)O)CC(=O)N2CCC23CC4CC(CC(C4)C2)C3)cc1. The first kappa shape index (κ1) is 23.4. The summed E-state index contributed by atoms with van der Waals surface area (Å²) in [6.07, 6.45) is 8.91. The molecule has 4 bridgehead atoms. The molecule has 6 rings (SSSR count). The molecule has 5 fully saturated rings. The molecule has 4 saturated carbocycles. The lowest BCUT2D eigenvalue weighted by atomic mass is 9.49. The van der Waals surface area contributed by atoms with Crippen LogP contribution >= 0.6 is 11.8 Å². The van der Waals surface area contributed by atoms with Crippen molar-refractivity contribution in [2.45, 2.75) is 63.5 Å². The van der Waals surface area contributed by atoms with Crippen molar-refractivity contribution in [2.75, 3.05) is 13.2 Å².